The van der Waals surface area contributed by atoms with Crippen LogP contribution in [-0.4, -0.2) is 57.7 Å². The van der Waals surface area contributed by atoms with Crippen molar-refractivity contribution >= 4 is 51.3 Å². The molecular formula is C33H31N5O6S2. The summed E-state index contributed by atoms with van der Waals surface area (Å²) in [5.74, 6) is -0.530. The van der Waals surface area contributed by atoms with Gasteiger partial charge in [0.15, 0.2) is 21.6 Å². The van der Waals surface area contributed by atoms with Crippen molar-refractivity contribution in [2.45, 2.75) is 36.9 Å². The van der Waals surface area contributed by atoms with Crippen molar-refractivity contribution in [3.05, 3.63) is 93.9 Å². The molecule has 0 radical (unpaired) electrons. The average molecular weight is 658 g/mol. The molecule has 1 N–H and O–H groups in total. The molecule has 1 unspecified atom stereocenters. The zero-order chi connectivity index (χ0) is 32.7. The number of aliphatic hydroxyl groups excluding tert-OH is 1. The normalized spacial score (nSPS) is 16.0. The van der Waals surface area contributed by atoms with Gasteiger partial charge in [-0.25, -0.2) is 4.98 Å². The Bertz CT molecular complexity index is 1990. The van der Waals surface area contributed by atoms with E-state index >= 15 is 0 Å². The van der Waals surface area contributed by atoms with Crippen LogP contribution in [0.4, 0.5) is 5.13 Å². The van der Waals surface area contributed by atoms with Gasteiger partial charge < -0.3 is 23.7 Å². The van der Waals surface area contributed by atoms with Crippen LogP contribution in [0.15, 0.2) is 64.6 Å². The zero-order valence-corrected chi connectivity index (χ0v) is 27.7. The van der Waals surface area contributed by atoms with Gasteiger partial charge in [-0.05, 0) is 55.7 Å². The van der Waals surface area contributed by atoms with E-state index in [0.29, 0.717) is 44.2 Å². The Hall–Kier alpha value is -4.88. The van der Waals surface area contributed by atoms with Crippen LogP contribution in [0.25, 0.3) is 11.4 Å². The number of benzene rings is 2. The van der Waals surface area contributed by atoms with Gasteiger partial charge in [0.2, 0.25) is 10.9 Å². The first kappa shape index (κ1) is 31.1. The lowest BCUT2D eigenvalue weighted by Gasteiger charge is -2.24. The summed E-state index contributed by atoms with van der Waals surface area (Å²) >= 11 is 2.66. The number of Topliss-reactive ketones (excluding diaryl/α,β-unsaturated/α-hetero) is 1. The van der Waals surface area contributed by atoms with Crippen molar-refractivity contribution in [3.63, 3.8) is 0 Å². The van der Waals surface area contributed by atoms with Crippen LogP contribution in [-0.2, 0) is 15.3 Å². The Morgan fingerprint density at radius 1 is 0.978 bits per heavy atom. The molecule has 6 rings (SSSR count). The number of aliphatic hydroxyl groups is 1. The lowest BCUT2D eigenvalue weighted by molar-refractivity contribution is -0.132. The number of imidazole rings is 1. The second-order valence-corrected chi connectivity index (χ2v) is 12.9. The van der Waals surface area contributed by atoms with E-state index in [0.717, 1.165) is 11.1 Å². The highest BCUT2D eigenvalue weighted by Gasteiger charge is 2.49. The first-order chi connectivity index (χ1) is 22.2. The summed E-state index contributed by atoms with van der Waals surface area (Å²) in [4.78, 5) is 33.7. The quantitative estimate of drug-likeness (QED) is 0.0657. The molecule has 1 atom stereocenters. The van der Waals surface area contributed by atoms with Crippen LogP contribution in [0.1, 0.15) is 39.7 Å². The number of hydrogen-bond donors (Lipinski definition) is 1. The van der Waals surface area contributed by atoms with E-state index in [9.17, 15) is 14.7 Å². The maximum Gasteiger partial charge on any atom is 0.301 e. The highest BCUT2D eigenvalue weighted by Crippen LogP contribution is 2.48. The van der Waals surface area contributed by atoms with Crippen LogP contribution >= 0.6 is 23.1 Å². The third kappa shape index (κ3) is 5.35. The highest BCUT2D eigenvalue weighted by molar-refractivity contribution is 8.00. The van der Waals surface area contributed by atoms with Crippen LogP contribution < -0.4 is 19.1 Å². The molecule has 46 heavy (non-hydrogen) atoms. The smallest absolute Gasteiger partial charge is 0.301 e. The van der Waals surface area contributed by atoms with Crippen molar-refractivity contribution in [2.75, 3.05) is 26.2 Å². The predicted octanol–water partition coefficient (Wildman–Crippen LogP) is 6.06. The number of hydrogen-bond acceptors (Lipinski definition) is 11. The number of aromatic nitrogens is 4. The monoisotopic (exact) mass is 657 g/mol. The molecule has 4 heterocycles. The average Bonchev–Trinajstić information content (AvgIpc) is 3.74. The van der Waals surface area contributed by atoms with Gasteiger partial charge in [0.25, 0.3) is 5.78 Å². The van der Waals surface area contributed by atoms with Crippen molar-refractivity contribution in [1.82, 2.24) is 19.6 Å². The fourth-order valence-electron chi connectivity index (χ4n) is 5.47. The molecule has 3 aromatic heterocycles. The maximum atomic E-state index is 13.9. The molecule has 2 aromatic carbocycles. The Labute approximate surface area is 273 Å². The molecule has 1 saturated heterocycles. The molecule has 0 saturated carbocycles. The minimum atomic E-state index is -1.11. The van der Waals surface area contributed by atoms with Gasteiger partial charge in [-0.3, -0.25) is 14.5 Å². The van der Waals surface area contributed by atoms with Crippen molar-refractivity contribution in [3.8, 4) is 17.2 Å². The fraction of sp³-hybridized carbons (Fsp3) is 0.242. The summed E-state index contributed by atoms with van der Waals surface area (Å²) < 4.78 is 19.2. The van der Waals surface area contributed by atoms with E-state index < -0.39 is 23.5 Å². The molecular weight excluding hydrogens is 627 g/mol. The van der Waals surface area contributed by atoms with Crippen LogP contribution in [0, 0.1) is 20.8 Å². The zero-order valence-electron chi connectivity index (χ0n) is 26.0. The predicted molar refractivity (Wildman–Crippen MR) is 176 cm³/mol. The number of methoxy groups -OCH3 is 3. The number of anilines is 1. The van der Waals surface area contributed by atoms with Gasteiger partial charge in [-0.2, -0.15) is 0 Å². The standard InChI is InChI=1S/C33H31N5O6S2/c1-17-9-11-20(12-10-17)16-45-33-36-35-32(46-33)38-26(21-14-22(42-4)29(44-6)23(15-21)43-5)24(28(40)31(38)41)27(39)25-19(3)37-13-7-8-18(2)30(37)34-25/h7-15,26,39H,16H2,1-6H3. The van der Waals surface area contributed by atoms with Crippen LogP contribution in [0.3, 0.4) is 0 Å². The Morgan fingerprint density at radius 2 is 1.67 bits per heavy atom. The number of nitrogens with zero attached hydrogens (tertiary/aromatic N) is 5. The second kappa shape index (κ2) is 12.5. The lowest BCUT2D eigenvalue weighted by Crippen LogP contribution is -2.29. The van der Waals surface area contributed by atoms with Crippen molar-refractivity contribution in [2.24, 2.45) is 0 Å². The topological polar surface area (TPSA) is 128 Å². The molecule has 13 heteroatoms. The number of thioether (sulfide) groups is 1. The van der Waals surface area contributed by atoms with E-state index in [2.05, 4.69) is 27.3 Å². The first-order valence-corrected chi connectivity index (χ1v) is 16.0. The molecule has 236 valence electrons. The number of rotatable bonds is 9. The van der Waals surface area contributed by atoms with Crippen molar-refractivity contribution < 1.29 is 28.9 Å². The molecule has 1 fully saturated rings. The minimum absolute atomic E-state index is 0.146. The number of ketones is 1. The molecule has 1 amide bonds. The highest BCUT2D eigenvalue weighted by atomic mass is 32.2. The SMILES string of the molecule is COc1cc(C2C(=C(O)c3nc4c(C)cccn4c3C)C(=O)C(=O)N2c2nnc(SCc3ccc(C)cc3)s2)cc(OC)c1OC. The summed E-state index contributed by atoms with van der Waals surface area (Å²) in [5, 5.41) is 20.7. The minimum Gasteiger partial charge on any atom is -0.505 e. The van der Waals surface area contributed by atoms with Gasteiger partial charge >= 0.3 is 5.91 Å². The van der Waals surface area contributed by atoms with Gasteiger partial charge in [0, 0.05) is 11.9 Å². The van der Waals surface area contributed by atoms with E-state index in [1.165, 1.54) is 54.9 Å². The molecule has 0 spiro atoms. The Morgan fingerprint density at radius 3 is 2.30 bits per heavy atom. The van der Waals surface area contributed by atoms with Crippen LogP contribution in [0.5, 0.6) is 17.2 Å². The summed E-state index contributed by atoms with van der Waals surface area (Å²) in [5.41, 5.74) is 4.87. The molecule has 11 nitrogen and oxygen atoms in total. The molecule has 1 aliphatic heterocycles. The molecule has 5 aromatic rings. The van der Waals surface area contributed by atoms with E-state index in [1.54, 1.807) is 19.1 Å². The third-order valence-corrected chi connectivity index (χ3v) is 9.97. The summed E-state index contributed by atoms with van der Waals surface area (Å²) in [6.45, 7) is 5.73. The van der Waals surface area contributed by atoms with Gasteiger partial charge in [-0.15, -0.1) is 10.2 Å². The second-order valence-electron chi connectivity index (χ2n) is 10.7. The van der Waals surface area contributed by atoms with E-state index in [4.69, 9.17) is 14.2 Å². The first-order valence-electron chi connectivity index (χ1n) is 14.2. The number of carbonyl (C=O) groups is 2. The van der Waals surface area contributed by atoms with Gasteiger partial charge in [0.1, 0.15) is 11.3 Å². The van der Waals surface area contributed by atoms with Crippen molar-refractivity contribution in [1.29, 1.82) is 0 Å². The summed E-state index contributed by atoms with van der Waals surface area (Å²) in [6.07, 6.45) is 1.83. The van der Waals surface area contributed by atoms with Gasteiger partial charge in [0.05, 0.1) is 38.6 Å². The third-order valence-electron chi connectivity index (χ3n) is 7.84. The Kier molecular flexibility index (Phi) is 8.45. The Balaban J connectivity index is 1.50. The van der Waals surface area contributed by atoms with Crippen LogP contribution in [0.2, 0.25) is 0 Å². The number of amides is 1. The summed E-state index contributed by atoms with van der Waals surface area (Å²) in [7, 11) is 4.43. The number of pyridine rings is 1. The van der Waals surface area contributed by atoms with E-state index in [1.807, 2.05) is 48.7 Å². The lowest BCUT2D eigenvalue weighted by atomic mass is 9.95. The number of carbonyl (C=O) groups excluding carboxylic acids is 2. The molecule has 1 aliphatic rings. The number of aryl methyl sites for hydroxylation is 3. The molecule has 0 bridgehead atoms. The number of fused-ring (bicyclic) bond motifs is 1. The molecule has 0 aliphatic carbocycles. The largest absolute Gasteiger partial charge is 0.505 e. The number of ether oxygens (including phenoxy) is 3. The fourth-order valence-corrected chi connectivity index (χ4v) is 7.29. The van der Waals surface area contributed by atoms with E-state index in [-0.39, 0.29) is 16.4 Å². The summed E-state index contributed by atoms with van der Waals surface area (Å²) in [6, 6.07) is 14.2. The maximum absolute atomic E-state index is 13.9. The van der Waals surface area contributed by atoms with Gasteiger partial charge in [-0.1, -0.05) is 59.0 Å².